The summed E-state index contributed by atoms with van der Waals surface area (Å²) in [5, 5.41) is 12.0. The normalized spacial score (nSPS) is 11.6. The summed E-state index contributed by atoms with van der Waals surface area (Å²) in [4.78, 5) is 4.22. The van der Waals surface area contributed by atoms with Crippen LogP contribution in [0.2, 0.25) is 0 Å². The molecule has 0 bridgehead atoms. The van der Waals surface area contributed by atoms with Crippen molar-refractivity contribution in [3.63, 3.8) is 0 Å². The van der Waals surface area contributed by atoms with Crippen LogP contribution in [0.25, 0.3) is 0 Å². The highest BCUT2D eigenvalue weighted by atomic mass is 16.3. The Bertz CT molecular complexity index is 360. The number of nitrogens with one attached hydrogen (secondary N) is 1. The average Bonchev–Trinajstić information content (AvgIpc) is 2.40. The zero-order chi connectivity index (χ0) is 13.2. The Morgan fingerprint density at radius 3 is 2.56 bits per heavy atom. The van der Waals surface area contributed by atoms with Gasteiger partial charge in [-0.25, -0.2) is 0 Å². The van der Waals surface area contributed by atoms with Crippen molar-refractivity contribution < 1.29 is 5.11 Å². The predicted octanol–water partition coefficient (Wildman–Crippen LogP) is 1.43. The molecule has 0 unspecified atom stereocenters. The zero-order valence-electron chi connectivity index (χ0n) is 11.0. The van der Waals surface area contributed by atoms with Crippen LogP contribution in [0.5, 0.6) is 0 Å². The van der Waals surface area contributed by atoms with Crippen molar-refractivity contribution in [2.24, 2.45) is 10.7 Å². The quantitative estimate of drug-likeness (QED) is 0.389. The molecule has 0 saturated heterocycles. The molecule has 0 saturated carbocycles. The maximum absolute atomic E-state index is 8.94. The fourth-order valence-electron chi connectivity index (χ4n) is 1.56. The molecule has 0 amide bonds. The first-order valence-corrected chi connectivity index (χ1v) is 6.48. The number of nitrogens with two attached hydrogens (primary N) is 1. The van der Waals surface area contributed by atoms with Gasteiger partial charge in [0, 0.05) is 13.1 Å². The van der Waals surface area contributed by atoms with E-state index in [1.165, 1.54) is 5.56 Å². The molecule has 0 spiro atoms. The second kappa shape index (κ2) is 8.53. The molecule has 18 heavy (non-hydrogen) atoms. The number of nitrogens with zero attached hydrogens (tertiary/aromatic N) is 1. The van der Waals surface area contributed by atoms with Gasteiger partial charge in [0.1, 0.15) is 0 Å². The topological polar surface area (TPSA) is 70.6 Å². The van der Waals surface area contributed by atoms with Gasteiger partial charge in [0.15, 0.2) is 5.96 Å². The predicted molar refractivity (Wildman–Crippen MR) is 75.5 cm³/mol. The van der Waals surface area contributed by atoms with E-state index >= 15 is 0 Å². The lowest BCUT2D eigenvalue weighted by Crippen LogP contribution is -2.33. The van der Waals surface area contributed by atoms with Crippen molar-refractivity contribution in [2.45, 2.75) is 32.8 Å². The van der Waals surface area contributed by atoms with Crippen LogP contribution in [-0.2, 0) is 13.0 Å². The summed E-state index contributed by atoms with van der Waals surface area (Å²) in [5.41, 5.74) is 7.89. The molecule has 0 aromatic heterocycles. The van der Waals surface area contributed by atoms with Gasteiger partial charge in [-0.15, -0.1) is 0 Å². The van der Waals surface area contributed by atoms with E-state index in [4.69, 9.17) is 10.8 Å². The molecule has 4 N–H and O–H groups in total. The van der Waals surface area contributed by atoms with Crippen molar-refractivity contribution in [3.8, 4) is 0 Å². The van der Waals surface area contributed by atoms with Crippen LogP contribution in [0, 0.1) is 0 Å². The third-order valence-corrected chi connectivity index (χ3v) is 2.72. The van der Waals surface area contributed by atoms with Crippen molar-refractivity contribution in [3.05, 3.63) is 35.4 Å². The Hall–Kier alpha value is -1.55. The van der Waals surface area contributed by atoms with Crippen molar-refractivity contribution >= 4 is 5.96 Å². The number of hydrogen-bond acceptors (Lipinski definition) is 2. The number of aliphatic hydroxyl groups excluding tert-OH is 1. The second-order valence-electron chi connectivity index (χ2n) is 4.27. The van der Waals surface area contributed by atoms with Gasteiger partial charge in [-0.1, -0.05) is 37.6 Å². The van der Waals surface area contributed by atoms with Crippen LogP contribution in [0.1, 0.15) is 30.9 Å². The van der Waals surface area contributed by atoms with Gasteiger partial charge < -0.3 is 16.2 Å². The minimum absolute atomic E-state index is 0.0928. The monoisotopic (exact) mass is 249 g/mol. The molecule has 0 atom stereocenters. The largest absolute Gasteiger partial charge is 0.392 e. The lowest BCUT2D eigenvalue weighted by atomic mass is 10.1. The third-order valence-electron chi connectivity index (χ3n) is 2.72. The van der Waals surface area contributed by atoms with Gasteiger partial charge in [-0.3, -0.25) is 4.99 Å². The zero-order valence-corrected chi connectivity index (χ0v) is 11.0. The second-order valence-corrected chi connectivity index (χ2v) is 4.27. The van der Waals surface area contributed by atoms with Gasteiger partial charge in [-0.2, -0.15) is 0 Å². The minimum atomic E-state index is 0.0928. The third kappa shape index (κ3) is 5.68. The molecule has 0 fully saturated rings. The SMILES string of the molecule is CCCCN=C(N)NCCc1ccc(CO)cc1. The van der Waals surface area contributed by atoms with Gasteiger partial charge in [-0.05, 0) is 24.0 Å². The summed E-state index contributed by atoms with van der Waals surface area (Å²) in [6, 6.07) is 7.93. The molecule has 0 heterocycles. The first-order chi connectivity index (χ1) is 8.76. The number of unbranched alkanes of at least 4 members (excludes halogenated alkanes) is 1. The van der Waals surface area contributed by atoms with E-state index < -0.39 is 0 Å². The van der Waals surface area contributed by atoms with Crippen LogP contribution in [0.15, 0.2) is 29.3 Å². The maximum Gasteiger partial charge on any atom is 0.188 e. The van der Waals surface area contributed by atoms with E-state index in [0.29, 0.717) is 5.96 Å². The fourth-order valence-corrected chi connectivity index (χ4v) is 1.56. The number of rotatable bonds is 7. The summed E-state index contributed by atoms with van der Waals surface area (Å²) in [6.07, 6.45) is 3.11. The van der Waals surface area contributed by atoms with Crippen molar-refractivity contribution in [1.29, 1.82) is 0 Å². The van der Waals surface area contributed by atoms with E-state index in [-0.39, 0.29) is 6.61 Å². The summed E-state index contributed by atoms with van der Waals surface area (Å²) >= 11 is 0. The highest BCUT2D eigenvalue weighted by Gasteiger charge is 1.95. The summed E-state index contributed by atoms with van der Waals surface area (Å²) in [6.45, 7) is 3.80. The molecule has 1 aromatic carbocycles. The highest BCUT2D eigenvalue weighted by molar-refractivity contribution is 5.77. The lowest BCUT2D eigenvalue weighted by molar-refractivity contribution is 0.282. The standard InChI is InChI=1S/C14H23N3O/c1-2-3-9-16-14(15)17-10-8-12-4-6-13(11-18)7-5-12/h4-7,18H,2-3,8-11H2,1H3,(H3,15,16,17). The van der Waals surface area contributed by atoms with Crippen LogP contribution >= 0.6 is 0 Å². The highest BCUT2D eigenvalue weighted by Crippen LogP contribution is 2.04. The van der Waals surface area contributed by atoms with E-state index in [0.717, 1.165) is 37.9 Å². The number of aliphatic imine (C=N–C) groups is 1. The summed E-state index contributed by atoms with van der Waals surface area (Å²) in [5.74, 6) is 0.524. The maximum atomic E-state index is 8.94. The molecule has 0 radical (unpaired) electrons. The van der Waals surface area contributed by atoms with E-state index in [1.807, 2.05) is 24.3 Å². The summed E-state index contributed by atoms with van der Waals surface area (Å²) < 4.78 is 0. The summed E-state index contributed by atoms with van der Waals surface area (Å²) in [7, 11) is 0. The average molecular weight is 249 g/mol. The van der Waals surface area contributed by atoms with E-state index in [2.05, 4.69) is 17.2 Å². The fraction of sp³-hybridized carbons (Fsp3) is 0.500. The molecule has 100 valence electrons. The van der Waals surface area contributed by atoms with Crippen molar-refractivity contribution in [1.82, 2.24) is 5.32 Å². The molecule has 0 aliphatic carbocycles. The Kier molecular flexibility index (Phi) is 6.87. The lowest BCUT2D eigenvalue weighted by Gasteiger charge is -2.06. The Balaban J connectivity index is 2.26. The molecule has 4 nitrogen and oxygen atoms in total. The molecule has 0 aliphatic rings. The van der Waals surface area contributed by atoms with Crippen LogP contribution in [-0.4, -0.2) is 24.2 Å². The van der Waals surface area contributed by atoms with Gasteiger partial charge in [0.25, 0.3) is 0 Å². The van der Waals surface area contributed by atoms with Crippen molar-refractivity contribution in [2.75, 3.05) is 13.1 Å². The first-order valence-electron chi connectivity index (χ1n) is 6.48. The van der Waals surface area contributed by atoms with Gasteiger partial charge >= 0.3 is 0 Å². The first kappa shape index (κ1) is 14.5. The Labute approximate surface area is 109 Å². The van der Waals surface area contributed by atoms with Crippen LogP contribution in [0.4, 0.5) is 0 Å². The molecule has 1 rings (SSSR count). The minimum Gasteiger partial charge on any atom is -0.392 e. The number of hydrogen-bond donors (Lipinski definition) is 3. The smallest absolute Gasteiger partial charge is 0.188 e. The Morgan fingerprint density at radius 1 is 1.28 bits per heavy atom. The molecular weight excluding hydrogens is 226 g/mol. The molecule has 4 heteroatoms. The van der Waals surface area contributed by atoms with Crippen LogP contribution < -0.4 is 11.1 Å². The van der Waals surface area contributed by atoms with Gasteiger partial charge in [0.2, 0.25) is 0 Å². The number of benzene rings is 1. The van der Waals surface area contributed by atoms with Gasteiger partial charge in [0.05, 0.1) is 6.61 Å². The van der Waals surface area contributed by atoms with Crippen LogP contribution in [0.3, 0.4) is 0 Å². The molecule has 1 aromatic rings. The van der Waals surface area contributed by atoms with E-state index in [1.54, 1.807) is 0 Å². The van der Waals surface area contributed by atoms with E-state index in [9.17, 15) is 0 Å². The molecule has 0 aliphatic heterocycles. The molecular formula is C14H23N3O. The Morgan fingerprint density at radius 2 is 1.94 bits per heavy atom. The number of guanidine groups is 1. The number of aliphatic hydroxyl groups is 1.